The predicted octanol–water partition coefficient (Wildman–Crippen LogP) is 2.69. The zero-order valence-corrected chi connectivity index (χ0v) is 11.8. The van der Waals surface area contributed by atoms with Crippen molar-refractivity contribution in [3.63, 3.8) is 0 Å². The van der Waals surface area contributed by atoms with Crippen LogP contribution in [0.15, 0.2) is 0 Å². The van der Waals surface area contributed by atoms with Crippen LogP contribution in [0.4, 0.5) is 8.78 Å². The van der Waals surface area contributed by atoms with E-state index in [9.17, 15) is 18.7 Å². The van der Waals surface area contributed by atoms with Crippen molar-refractivity contribution in [1.29, 1.82) is 0 Å². The molecular weight excluding hydrogens is 282 g/mol. The molecule has 5 nitrogen and oxygen atoms in total. The van der Waals surface area contributed by atoms with E-state index < -0.39 is 11.9 Å². The Kier molecular flexibility index (Phi) is 3.37. The molecule has 2 fully saturated rings. The molecule has 116 valence electrons. The van der Waals surface area contributed by atoms with Crippen LogP contribution in [0.25, 0.3) is 0 Å². The molecule has 0 aliphatic heterocycles. The summed E-state index contributed by atoms with van der Waals surface area (Å²) in [7, 11) is 1.22. The summed E-state index contributed by atoms with van der Waals surface area (Å²) in [4.78, 5) is 11.8. The third-order valence-electron chi connectivity index (χ3n) is 4.23. The number of aromatic hydroxyl groups is 1. The third kappa shape index (κ3) is 2.73. The molecule has 3 rings (SSSR count). The monoisotopic (exact) mass is 300 g/mol. The van der Waals surface area contributed by atoms with E-state index in [2.05, 4.69) is 9.84 Å². The number of hydrogen-bond donors (Lipinski definition) is 1. The standard InChI is InChI=1S/C14H18F2N2O3/c1-21-13(20)11-12(19)10(9-2-3-9)17-18(11)7-8-4-5-14(15,16)6-8/h8-9,19H,2-7H2,1H3. The molecule has 0 bridgehead atoms. The maximum absolute atomic E-state index is 13.3. The highest BCUT2D eigenvalue weighted by molar-refractivity contribution is 5.91. The first-order valence-electron chi connectivity index (χ1n) is 7.17. The number of carbonyl (C=O) groups excluding carboxylic acids is 1. The van der Waals surface area contributed by atoms with Gasteiger partial charge in [-0.2, -0.15) is 5.10 Å². The molecule has 1 aromatic rings. The van der Waals surface area contributed by atoms with E-state index in [1.54, 1.807) is 0 Å². The zero-order chi connectivity index (χ0) is 15.2. The van der Waals surface area contributed by atoms with Gasteiger partial charge in [-0.3, -0.25) is 4.68 Å². The van der Waals surface area contributed by atoms with Crippen molar-refractivity contribution in [2.75, 3.05) is 7.11 Å². The van der Waals surface area contributed by atoms with Gasteiger partial charge in [0.05, 0.1) is 7.11 Å². The topological polar surface area (TPSA) is 64.3 Å². The van der Waals surface area contributed by atoms with Gasteiger partial charge >= 0.3 is 5.97 Å². The summed E-state index contributed by atoms with van der Waals surface area (Å²) in [5.74, 6) is -3.55. The number of nitrogens with zero attached hydrogens (tertiary/aromatic N) is 2. The van der Waals surface area contributed by atoms with E-state index in [1.165, 1.54) is 11.8 Å². The highest BCUT2D eigenvalue weighted by Crippen LogP contribution is 2.45. The quantitative estimate of drug-likeness (QED) is 0.868. The molecule has 0 spiro atoms. The number of halogens is 2. The smallest absolute Gasteiger partial charge is 0.360 e. The Balaban J connectivity index is 1.86. The number of carbonyl (C=O) groups is 1. The van der Waals surface area contributed by atoms with Gasteiger partial charge in [0.25, 0.3) is 0 Å². The fraction of sp³-hybridized carbons (Fsp3) is 0.714. The second kappa shape index (κ2) is 4.96. The lowest BCUT2D eigenvalue weighted by atomic mass is 10.1. The number of ether oxygens (including phenoxy) is 1. The van der Waals surface area contributed by atoms with Gasteiger partial charge in [0.1, 0.15) is 5.69 Å². The lowest BCUT2D eigenvalue weighted by Gasteiger charge is -2.12. The van der Waals surface area contributed by atoms with Gasteiger partial charge in [-0.25, -0.2) is 13.6 Å². The van der Waals surface area contributed by atoms with Gasteiger partial charge in [0.15, 0.2) is 11.4 Å². The van der Waals surface area contributed by atoms with Crippen LogP contribution < -0.4 is 0 Å². The summed E-state index contributed by atoms with van der Waals surface area (Å²) in [5, 5.41) is 14.4. The van der Waals surface area contributed by atoms with Crippen molar-refractivity contribution in [1.82, 2.24) is 9.78 Å². The molecule has 1 N–H and O–H groups in total. The fourth-order valence-corrected chi connectivity index (χ4v) is 2.98. The average molecular weight is 300 g/mol. The van der Waals surface area contributed by atoms with Crippen molar-refractivity contribution in [3.05, 3.63) is 11.4 Å². The van der Waals surface area contributed by atoms with Crippen LogP contribution in [-0.2, 0) is 11.3 Å². The maximum Gasteiger partial charge on any atom is 0.360 e. The van der Waals surface area contributed by atoms with Crippen LogP contribution in [-0.4, -0.2) is 33.9 Å². The molecule has 0 amide bonds. The molecule has 0 aromatic carbocycles. The number of aromatic nitrogens is 2. The minimum Gasteiger partial charge on any atom is -0.504 e. The van der Waals surface area contributed by atoms with Gasteiger partial charge in [-0.15, -0.1) is 0 Å². The summed E-state index contributed by atoms with van der Waals surface area (Å²) in [6, 6.07) is 0. The van der Waals surface area contributed by atoms with E-state index in [4.69, 9.17) is 0 Å². The lowest BCUT2D eigenvalue weighted by molar-refractivity contribution is 0.00420. The third-order valence-corrected chi connectivity index (χ3v) is 4.23. The molecule has 1 aromatic heterocycles. The van der Waals surface area contributed by atoms with Crippen LogP contribution in [0.3, 0.4) is 0 Å². The fourth-order valence-electron chi connectivity index (χ4n) is 2.98. The normalized spacial score (nSPS) is 24.2. The van der Waals surface area contributed by atoms with Gasteiger partial charge in [-0.1, -0.05) is 0 Å². The summed E-state index contributed by atoms with van der Waals surface area (Å²) in [6.45, 7) is 0.209. The van der Waals surface area contributed by atoms with Crippen LogP contribution in [0.5, 0.6) is 5.75 Å². The molecule has 21 heavy (non-hydrogen) atoms. The number of alkyl halides is 2. The molecule has 2 saturated carbocycles. The first kappa shape index (κ1) is 14.3. The highest BCUT2D eigenvalue weighted by atomic mass is 19.3. The molecule has 7 heteroatoms. The summed E-state index contributed by atoms with van der Waals surface area (Å²) in [5.41, 5.74) is 0.467. The molecule has 2 aliphatic rings. The largest absolute Gasteiger partial charge is 0.504 e. The van der Waals surface area contributed by atoms with E-state index >= 15 is 0 Å². The van der Waals surface area contributed by atoms with Gasteiger partial charge < -0.3 is 9.84 Å². The van der Waals surface area contributed by atoms with Gasteiger partial charge in [0, 0.05) is 25.3 Å². The van der Waals surface area contributed by atoms with Crippen molar-refractivity contribution in [2.24, 2.45) is 5.92 Å². The Morgan fingerprint density at radius 2 is 2.19 bits per heavy atom. The second-order valence-electron chi connectivity index (χ2n) is 6.00. The summed E-state index contributed by atoms with van der Waals surface area (Å²) < 4.78 is 32.6. The van der Waals surface area contributed by atoms with Crippen molar-refractivity contribution in [3.8, 4) is 5.75 Å². The molecule has 1 heterocycles. The van der Waals surface area contributed by atoms with Crippen LogP contribution in [0.2, 0.25) is 0 Å². The van der Waals surface area contributed by atoms with E-state index in [0.29, 0.717) is 12.1 Å². The Morgan fingerprint density at radius 1 is 1.48 bits per heavy atom. The van der Waals surface area contributed by atoms with Crippen molar-refractivity contribution in [2.45, 2.75) is 50.5 Å². The minimum atomic E-state index is -2.63. The average Bonchev–Trinajstić information content (AvgIpc) is 3.14. The Morgan fingerprint density at radius 3 is 2.71 bits per heavy atom. The molecule has 1 atom stereocenters. The first-order chi connectivity index (χ1) is 9.91. The van der Waals surface area contributed by atoms with E-state index in [1.807, 2.05) is 0 Å². The summed E-state index contributed by atoms with van der Waals surface area (Å²) >= 11 is 0. The molecule has 2 aliphatic carbocycles. The first-order valence-corrected chi connectivity index (χ1v) is 7.17. The Labute approximate surface area is 120 Å². The Hall–Kier alpha value is -1.66. The maximum atomic E-state index is 13.3. The van der Waals surface area contributed by atoms with Crippen molar-refractivity contribution >= 4 is 5.97 Å². The summed E-state index contributed by atoms with van der Waals surface area (Å²) in [6.07, 6.45) is 1.91. The SMILES string of the molecule is COC(=O)c1c(O)c(C2CC2)nn1CC1CCC(F)(F)C1. The zero-order valence-electron chi connectivity index (χ0n) is 11.8. The van der Waals surface area contributed by atoms with Crippen molar-refractivity contribution < 1.29 is 23.4 Å². The number of hydrogen-bond acceptors (Lipinski definition) is 4. The second-order valence-corrected chi connectivity index (χ2v) is 6.00. The van der Waals surface area contributed by atoms with E-state index in [0.717, 1.165) is 12.8 Å². The number of methoxy groups -OCH3 is 1. The van der Waals surface area contributed by atoms with Crippen LogP contribution in [0, 0.1) is 5.92 Å². The molecule has 0 radical (unpaired) electrons. The molecular formula is C14H18F2N2O3. The minimum absolute atomic E-state index is 0.0189. The lowest BCUT2D eigenvalue weighted by Crippen LogP contribution is -2.18. The van der Waals surface area contributed by atoms with Gasteiger partial charge in [-0.05, 0) is 25.2 Å². The number of rotatable bonds is 4. The van der Waals surface area contributed by atoms with Crippen LogP contribution >= 0.6 is 0 Å². The van der Waals surface area contributed by atoms with Gasteiger partial charge in [0.2, 0.25) is 5.92 Å². The predicted molar refractivity (Wildman–Crippen MR) is 69.5 cm³/mol. The molecule has 1 unspecified atom stereocenters. The van der Waals surface area contributed by atoms with E-state index in [-0.39, 0.29) is 42.7 Å². The van der Waals surface area contributed by atoms with Crippen LogP contribution in [0.1, 0.15) is 54.2 Å². The Bertz CT molecular complexity index is 567. The molecule has 0 saturated heterocycles. The highest BCUT2D eigenvalue weighted by Gasteiger charge is 2.41. The number of esters is 1.